The van der Waals surface area contributed by atoms with Gasteiger partial charge in [-0.3, -0.25) is 0 Å². The zero-order valence-corrected chi connectivity index (χ0v) is 6.64. The van der Waals surface area contributed by atoms with Crippen LogP contribution in [-0.4, -0.2) is 15.1 Å². The number of hydrogen-bond acceptors (Lipinski definition) is 6. The molecule has 2 aromatic rings. The topological polar surface area (TPSA) is 104 Å². The maximum absolute atomic E-state index is 5.60. The van der Waals surface area contributed by atoms with Crippen molar-refractivity contribution in [3.05, 3.63) is 18.7 Å². The van der Waals surface area contributed by atoms with E-state index >= 15 is 0 Å². The first-order valence-electron chi connectivity index (χ1n) is 3.55. The van der Waals surface area contributed by atoms with Crippen LogP contribution in [0.5, 0.6) is 0 Å². The molecule has 0 saturated carbocycles. The minimum absolute atomic E-state index is 0.293. The molecule has 2 aromatic heterocycles. The Bertz CT molecular complexity index is 391. The predicted molar refractivity (Wildman–Crippen MR) is 46.4 cm³/mol. The molecule has 0 saturated heterocycles. The summed E-state index contributed by atoms with van der Waals surface area (Å²) >= 11 is 0. The van der Waals surface area contributed by atoms with E-state index < -0.39 is 0 Å². The standard InChI is InChI=1S/C7H7N5O/c8-6-5(4-1-2-13-12-4)7(9)11-3-10-6/h1-3H,(H4,8,9,10,11). The van der Waals surface area contributed by atoms with Gasteiger partial charge in [-0.25, -0.2) is 9.97 Å². The average Bonchev–Trinajstić information content (AvgIpc) is 2.57. The van der Waals surface area contributed by atoms with E-state index in [9.17, 15) is 0 Å². The Morgan fingerprint density at radius 1 is 1.15 bits per heavy atom. The molecule has 6 heteroatoms. The van der Waals surface area contributed by atoms with Gasteiger partial charge in [0.2, 0.25) is 0 Å². The van der Waals surface area contributed by atoms with Gasteiger partial charge in [0.15, 0.2) is 0 Å². The summed E-state index contributed by atoms with van der Waals surface area (Å²) in [5.74, 6) is 0.586. The SMILES string of the molecule is Nc1ncnc(N)c1-c1ccon1. The van der Waals surface area contributed by atoms with Crippen molar-refractivity contribution in [3.8, 4) is 11.3 Å². The lowest BCUT2D eigenvalue weighted by molar-refractivity contribution is 0.422. The van der Waals surface area contributed by atoms with Crippen molar-refractivity contribution < 1.29 is 4.52 Å². The summed E-state index contributed by atoms with van der Waals surface area (Å²) in [5.41, 5.74) is 12.2. The van der Waals surface area contributed by atoms with Gasteiger partial charge in [-0.1, -0.05) is 5.16 Å². The van der Waals surface area contributed by atoms with Crippen LogP contribution in [0.2, 0.25) is 0 Å². The molecule has 0 bridgehead atoms. The fraction of sp³-hybridized carbons (Fsp3) is 0. The Kier molecular flexibility index (Phi) is 1.59. The number of anilines is 2. The number of nitrogen functional groups attached to an aromatic ring is 2. The van der Waals surface area contributed by atoms with Gasteiger partial charge in [0.05, 0.1) is 5.56 Å². The summed E-state index contributed by atoms with van der Waals surface area (Å²) in [6.07, 6.45) is 2.73. The van der Waals surface area contributed by atoms with Crippen molar-refractivity contribution in [2.45, 2.75) is 0 Å². The van der Waals surface area contributed by atoms with Crippen LogP contribution in [0.25, 0.3) is 11.3 Å². The first-order valence-corrected chi connectivity index (χ1v) is 3.55. The van der Waals surface area contributed by atoms with Gasteiger partial charge in [0.1, 0.15) is 29.9 Å². The summed E-state index contributed by atoms with van der Waals surface area (Å²) in [5, 5.41) is 3.69. The number of nitrogens with two attached hydrogens (primary N) is 2. The molecule has 0 aliphatic heterocycles. The number of hydrogen-bond donors (Lipinski definition) is 2. The Morgan fingerprint density at radius 3 is 2.38 bits per heavy atom. The molecule has 0 spiro atoms. The van der Waals surface area contributed by atoms with Crippen LogP contribution in [0.3, 0.4) is 0 Å². The van der Waals surface area contributed by atoms with Crippen molar-refractivity contribution in [2.75, 3.05) is 11.5 Å². The first kappa shape index (κ1) is 7.53. The molecule has 0 amide bonds. The lowest BCUT2D eigenvalue weighted by Crippen LogP contribution is -2.01. The highest BCUT2D eigenvalue weighted by atomic mass is 16.5. The lowest BCUT2D eigenvalue weighted by atomic mass is 10.2. The monoisotopic (exact) mass is 177 g/mol. The largest absolute Gasteiger partial charge is 0.383 e. The minimum atomic E-state index is 0.293. The highest BCUT2D eigenvalue weighted by molar-refractivity contribution is 5.79. The summed E-state index contributed by atoms with van der Waals surface area (Å²) < 4.78 is 4.66. The maximum Gasteiger partial charge on any atom is 0.138 e. The molecule has 6 nitrogen and oxygen atoms in total. The van der Waals surface area contributed by atoms with Crippen LogP contribution in [-0.2, 0) is 0 Å². The minimum Gasteiger partial charge on any atom is -0.383 e. The molecule has 0 aliphatic carbocycles. The van der Waals surface area contributed by atoms with Crippen molar-refractivity contribution in [2.24, 2.45) is 0 Å². The quantitative estimate of drug-likeness (QED) is 0.649. The van der Waals surface area contributed by atoms with E-state index in [1.54, 1.807) is 6.07 Å². The van der Waals surface area contributed by atoms with E-state index in [4.69, 9.17) is 11.5 Å². The fourth-order valence-corrected chi connectivity index (χ4v) is 1.02. The first-order chi connectivity index (χ1) is 6.29. The molecule has 0 aromatic carbocycles. The van der Waals surface area contributed by atoms with Crippen molar-refractivity contribution in [1.29, 1.82) is 0 Å². The number of nitrogens with zero attached hydrogens (tertiary/aromatic N) is 3. The summed E-state index contributed by atoms with van der Waals surface area (Å²) in [4.78, 5) is 7.60. The Morgan fingerprint density at radius 2 is 1.85 bits per heavy atom. The van der Waals surface area contributed by atoms with Crippen molar-refractivity contribution in [1.82, 2.24) is 15.1 Å². The van der Waals surface area contributed by atoms with Crippen LogP contribution < -0.4 is 11.5 Å². The van der Waals surface area contributed by atoms with Crippen molar-refractivity contribution >= 4 is 11.6 Å². The lowest BCUT2D eigenvalue weighted by Gasteiger charge is -2.01. The molecule has 0 atom stereocenters. The zero-order valence-electron chi connectivity index (χ0n) is 6.64. The normalized spacial score (nSPS) is 10.2. The molecule has 4 N–H and O–H groups in total. The van der Waals surface area contributed by atoms with Gasteiger partial charge in [-0.2, -0.15) is 0 Å². The molecule has 13 heavy (non-hydrogen) atoms. The van der Waals surface area contributed by atoms with E-state index in [1.165, 1.54) is 12.6 Å². The van der Waals surface area contributed by atoms with Crippen LogP contribution in [0.15, 0.2) is 23.2 Å². The second kappa shape index (κ2) is 2.74. The van der Waals surface area contributed by atoms with Crippen LogP contribution in [0.1, 0.15) is 0 Å². The zero-order chi connectivity index (χ0) is 9.26. The van der Waals surface area contributed by atoms with Crippen LogP contribution in [0.4, 0.5) is 11.6 Å². The van der Waals surface area contributed by atoms with Gasteiger partial charge in [-0.15, -0.1) is 0 Å². The van der Waals surface area contributed by atoms with Gasteiger partial charge in [0.25, 0.3) is 0 Å². The van der Waals surface area contributed by atoms with E-state index in [1.807, 2.05) is 0 Å². The van der Waals surface area contributed by atoms with E-state index in [2.05, 4.69) is 19.6 Å². The highest BCUT2D eigenvalue weighted by Gasteiger charge is 2.11. The smallest absolute Gasteiger partial charge is 0.138 e. The molecule has 2 rings (SSSR count). The third kappa shape index (κ3) is 1.18. The molecule has 0 aliphatic rings. The third-order valence-electron chi connectivity index (χ3n) is 1.60. The van der Waals surface area contributed by atoms with Gasteiger partial charge >= 0.3 is 0 Å². The average molecular weight is 177 g/mol. The second-order valence-electron chi connectivity index (χ2n) is 2.40. The van der Waals surface area contributed by atoms with E-state index in [-0.39, 0.29) is 0 Å². The Labute approximate surface area is 73.6 Å². The third-order valence-corrected chi connectivity index (χ3v) is 1.60. The Hall–Kier alpha value is -2.11. The predicted octanol–water partition coefficient (Wildman–Crippen LogP) is 0.296. The number of rotatable bonds is 1. The molecule has 0 radical (unpaired) electrons. The van der Waals surface area contributed by atoms with Gasteiger partial charge < -0.3 is 16.0 Å². The van der Waals surface area contributed by atoms with Crippen LogP contribution >= 0.6 is 0 Å². The molecular weight excluding hydrogens is 170 g/mol. The van der Waals surface area contributed by atoms with E-state index in [0.29, 0.717) is 22.9 Å². The Balaban J connectivity index is 2.64. The summed E-state index contributed by atoms with van der Waals surface area (Å²) in [6, 6.07) is 1.64. The maximum atomic E-state index is 5.60. The fourth-order valence-electron chi connectivity index (χ4n) is 1.02. The van der Waals surface area contributed by atoms with Crippen LogP contribution in [0, 0.1) is 0 Å². The molecule has 2 heterocycles. The van der Waals surface area contributed by atoms with Gasteiger partial charge in [-0.05, 0) is 0 Å². The summed E-state index contributed by atoms with van der Waals surface area (Å²) in [6.45, 7) is 0. The van der Waals surface area contributed by atoms with E-state index in [0.717, 1.165) is 0 Å². The van der Waals surface area contributed by atoms with Crippen molar-refractivity contribution in [3.63, 3.8) is 0 Å². The molecular formula is C7H7N5O. The number of aromatic nitrogens is 3. The molecule has 0 unspecified atom stereocenters. The second-order valence-corrected chi connectivity index (χ2v) is 2.40. The highest BCUT2D eigenvalue weighted by Crippen LogP contribution is 2.26. The van der Waals surface area contributed by atoms with Gasteiger partial charge in [0, 0.05) is 6.07 Å². The summed E-state index contributed by atoms with van der Waals surface area (Å²) in [7, 11) is 0. The molecule has 0 fully saturated rings. The molecule has 66 valence electrons.